The first-order valence-electron chi connectivity index (χ1n) is 6.76. The Balaban J connectivity index is 2.22. The highest BCUT2D eigenvalue weighted by Gasteiger charge is 2.10. The minimum absolute atomic E-state index is 0.0292. The second kappa shape index (κ2) is 8.64. The Morgan fingerprint density at radius 1 is 1.10 bits per heavy atom. The van der Waals surface area contributed by atoms with E-state index in [1.165, 1.54) is 0 Å². The van der Waals surface area contributed by atoms with E-state index in [0.29, 0.717) is 18.4 Å². The molecule has 1 rings (SSSR count). The standard InChI is InChI=1S/C15H22N2O2S/c1-11(2)12(3)9-16-15(19)17-10-14(18)20-13-7-5-4-6-8-13/h4-8,11-12H,9-10H2,1-3H3,(H2,16,17,19). The average molecular weight is 294 g/mol. The van der Waals surface area contributed by atoms with E-state index in [1.54, 1.807) is 0 Å². The summed E-state index contributed by atoms with van der Waals surface area (Å²) in [6.45, 7) is 6.96. The highest BCUT2D eigenvalue weighted by Crippen LogP contribution is 2.17. The first kappa shape index (κ1) is 16.6. The topological polar surface area (TPSA) is 58.2 Å². The maximum absolute atomic E-state index is 11.7. The number of thioether (sulfide) groups is 1. The molecule has 0 heterocycles. The zero-order valence-electron chi connectivity index (χ0n) is 12.2. The summed E-state index contributed by atoms with van der Waals surface area (Å²) in [4.78, 5) is 24.1. The summed E-state index contributed by atoms with van der Waals surface area (Å²) in [5, 5.41) is 5.27. The lowest BCUT2D eigenvalue weighted by Crippen LogP contribution is -2.40. The molecule has 0 aliphatic rings. The van der Waals surface area contributed by atoms with Gasteiger partial charge in [-0.15, -0.1) is 0 Å². The van der Waals surface area contributed by atoms with Gasteiger partial charge in [0.05, 0.1) is 6.54 Å². The van der Waals surface area contributed by atoms with Crippen LogP contribution in [-0.4, -0.2) is 24.2 Å². The molecule has 0 radical (unpaired) electrons. The maximum atomic E-state index is 11.7. The monoisotopic (exact) mass is 294 g/mol. The molecule has 2 amide bonds. The van der Waals surface area contributed by atoms with Crippen LogP contribution in [0.4, 0.5) is 4.79 Å². The van der Waals surface area contributed by atoms with Gasteiger partial charge < -0.3 is 10.6 Å². The molecule has 20 heavy (non-hydrogen) atoms. The van der Waals surface area contributed by atoms with Crippen LogP contribution in [0.25, 0.3) is 0 Å². The molecule has 0 saturated carbocycles. The molecule has 0 fully saturated rings. The number of amides is 2. The van der Waals surface area contributed by atoms with Crippen molar-refractivity contribution >= 4 is 22.9 Å². The van der Waals surface area contributed by atoms with Crippen molar-refractivity contribution in [2.75, 3.05) is 13.1 Å². The fourth-order valence-electron chi connectivity index (χ4n) is 1.36. The fourth-order valence-corrected chi connectivity index (χ4v) is 2.06. The summed E-state index contributed by atoms with van der Waals surface area (Å²) in [7, 11) is 0. The Kier molecular flexibility index (Phi) is 7.15. The quantitative estimate of drug-likeness (QED) is 0.793. The Morgan fingerprint density at radius 3 is 2.35 bits per heavy atom. The van der Waals surface area contributed by atoms with Crippen molar-refractivity contribution in [1.29, 1.82) is 0 Å². The maximum Gasteiger partial charge on any atom is 0.315 e. The van der Waals surface area contributed by atoms with Crippen LogP contribution in [0, 0.1) is 11.8 Å². The summed E-state index contributed by atoms with van der Waals surface area (Å²) >= 11 is 1.13. The third-order valence-electron chi connectivity index (χ3n) is 3.09. The van der Waals surface area contributed by atoms with Gasteiger partial charge >= 0.3 is 6.03 Å². The smallest absolute Gasteiger partial charge is 0.315 e. The zero-order valence-corrected chi connectivity index (χ0v) is 13.0. The van der Waals surface area contributed by atoms with Crippen molar-refractivity contribution in [3.05, 3.63) is 30.3 Å². The number of hydrogen-bond donors (Lipinski definition) is 2. The van der Waals surface area contributed by atoms with Crippen LogP contribution < -0.4 is 10.6 Å². The second-order valence-electron chi connectivity index (χ2n) is 5.07. The highest BCUT2D eigenvalue weighted by atomic mass is 32.2. The van der Waals surface area contributed by atoms with E-state index in [4.69, 9.17) is 0 Å². The lowest BCUT2D eigenvalue weighted by molar-refractivity contribution is -0.110. The van der Waals surface area contributed by atoms with Gasteiger partial charge in [-0.1, -0.05) is 50.7 Å². The van der Waals surface area contributed by atoms with Crippen molar-refractivity contribution in [1.82, 2.24) is 10.6 Å². The predicted octanol–water partition coefficient (Wildman–Crippen LogP) is 2.90. The molecule has 110 valence electrons. The normalized spacial score (nSPS) is 12.0. The molecule has 1 aromatic carbocycles. The van der Waals surface area contributed by atoms with Gasteiger partial charge in [0.1, 0.15) is 0 Å². The Morgan fingerprint density at radius 2 is 1.75 bits per heavy atom. The van der Waals surface area contributed by atoms with E-state index in [9.17, 15) is 9.59 Å². The summed E-state index contributed by atoms with van der Waals surface area (Å²) in [5.41, 5.74) is 0. The number of hydrogen-bond acceptors (Lipinski definition) is 3. The molecular formula is C15H22N2O2S. The molecule has 2 N–H and O–H groups in total. The molecule has 1 atom stereocenters. The number of urea groups is 1. The van der Waals surface area contributed by atoms with E-state index in [1.807, 2.05) is 30.3 Å². The molecule has 1 aromatic rings. The summed E-state index contributed by atoms with van der Waals surface area (Å²) in [6, 6.07) is 9.10. The first-order chi connectivity index (χ1) is 9.49. The van der Waals surface area contributed by atoms with Crippen LogP contribution in [0.1, 0.15) is 20.8 Å². The lowest BCUT2D eigenvalue weighted by Gasteiger charge is -2.16. The SMILES string of the molecule is CC(C)C(C)CNC(=O)NCC(=O)Sc1ccccc1. The number of carbonyl (C=O) groups is 2. The number of benzene rings is 1. The van der Waals surface area contributed by atoms with E-state index in [2.05, 4.69) is 31.4 Å². The Labute approximate surface area is 124 Å². The second-order valence-corrected chi connectivity index (χ2v) is 6.20. The first-order valence-corrected chi connectivity index (χ1v) is 7.58. The van der Waals surface area contributed by atoms with Crippen LogP contribution in [0.3, 0.4) is 0 Å². The van der Waals surface area contributed by atoms with Gasteiger partial charge in [0.25, 0.3) is 0 Å². The van der Waals surface area contributed by atoms with Gasteiger partial charge in [-0.25, -0.2) is 4.79 Å². The third-order valence-corrected chi connectivity index (χ3v) is 3.97. The fraction of sp³-hybridized carbons (Fsp3) is 0.467. The molecular weight excluding hydrogens is 272 g/mol. The summed E-state index contributed by atoms with van der Waals surface area (Å²) < 4.78 is 0. The molecule has 1 unspecified atom stereocenters. The molecule has 0 aliphatic heterocycles. The van der Waals surface area contributed by atoms with Gasteiger partial charge in [0.15, 0.2) is 0 Å². The molecule has 0 spiro atoms. The van der Waals surface area contributed by atoms with Crippen LogP contribution in [0.5, 0.6) is 0 Å². The minimum atomic E-state index is -0.292. The lowest BCUT2D eigenvalue weighted by atomic mass is 9.98. The van der Waals surface area contributed by atoms with Crippen molar-refractivity contribution in [3.63, 3.8) is 0 Å². The van der Waals surface area contributed by atoms with Gasteiger partial charge in [-0.05, 0) is 24.0 Å². The molecule has 5 heteroatoms. The molecule has 4 nitrogen and oxygen atoms in total. The number of carbonyl (C=O) groups excluding carboxylic acids is 2. The van der Waals surface area contributed by atoms with Gasteiger partial charge in [-0.2, -0.15) is 0 Å². The molecule has 0 aliphatic carbocycles. The molecule has 0 aromatic heterocycles. The number of nitrogens with one attached hydrogen (secondary N) is 2. The third kappa shape index (κ3) is 6.61. The van der Waals surface area contributed by atoms with Crippen LogP contribution in [0.2, 0.25) is 0 Å². The van der Waals surface area contributed by atoms with Crippen molar-refractivity contribution in [2.45, 2.75) is 25.7 Å². The van der Waals surface area contributed by atoms with Crippen molar-refractivity contribution in [3.8, 4) is 0 Å². The minimum Gasteiger partial charge on any atom is -0.338 e. The van der Waals surface area contributed by atoms with Gasteiger partial charge in [-0.3, -0.25) is 4.79 Å². The van der Waals surface area contributed by atoms with E-state index in [-0.39, 0.29) is 17.7 Å². The Bertz CT molecular complexity index is 435. The largest absolute Gasteiger partial charge is 0.338 e. The van der Waals surface area contributed by atoms with Gasteiger partial charge in [0.2, 0.25) is 5.12 Å². The van der Waals surface area contributed by atoms with E-state index in [0.717, 1.165) is 16.7 Å². The van der Waals surface area contributed by atoms with E-state index >= 15 is 0 Å². The molecule has 0 saturated heterocycles. The summed E-state index contributed by atoms with van der Waals surface area (Å²) in [5.74, 6) is 0.931. The van der Waals surface area contributed by atoms with Crippen LogP contribution in [0.15, 0.2) is 35.2 Å². The van der Waals surface area contributed by atoms with Crippen LogP contribution >= 0.6 is 11.8 Å². The van der Waals surface area contributed by atoms with Crippen molar-refractivity contribution in [2.24, 2.45) is 11.8 Å². The Hall–Kier alpha value is -1.49. The summed E-state index contributed by atoms with van der Waals surface area (Å²) in [6.07, 6.45) is 0. The van der Waals surface area contributed by atoms with E-state index < -0.39 is 0 Å². The van der Waals surface area contributed by atoms with Crippen molar-refractivity contribution < 1.29 is 9.59 Å². The van der Waals surface area contributed by atoms with Gasteiger partial charge in [0, 0.05) is 11.4 Å². The number of rotatable bonds is 6. The highest BCUT2D eigenvalue weighted by molar-refractivity contribution is 8.13. The van der Waals surface area contributed by atoms with Crippen LogP contribution in [-0.2, 0) is 4.79 Å². The predicted molar refractivity (Wildman–Crippen MR) is 82.7 cm³/mol. The average Bonchev–Trinajstić information content (AvgIpc) is 2.43. The molecule has 0 bridgehead atoms. The zero-order chi connectivity index (χ0) is 15.0.